The van der Waals surface area contributed by atoms with Gasteiger partial charge in [0.25, 0.3) is 5.91 Å². The van der Waals surface area contributed by atoms with Gasteiger partial charge in [-0.15, -0.1) is 0 Å². The Balaban J connectivity index is 0.00000210. The zero-order valence-electron chi connectivity index (χ0n) is 23.0. The summed E-state index contributed by atoms with van der Waals surface area (Å²) in [5.74, 6) is 1.96. The van der Waals surface area contributed by atoms with Crippen LogP contribution in [-0.4, -0.2) is 67.3 Å². The molecule has 198 valence electrons. The van der Waals surface area contributed by atoms with E-state index in [4.69, 9.17) is 10.4 Å². The van der Waals surface area contributed by atoms with Crippen LogP contribution in [0.4, 0.5) is 11.6 Å². The number of carbonyl (C=O) groups is 1. The number of hydrogen-bond donors (Lipinski definition) is 3. The van der Waals surface area contributed by atoms with Crippen molar-refractivity contribution in [1.82, 2.24) is 15.2 Å². The monoisotopic (exact) mass is 486 g/mol. The van der Waals surface area contributed by atoms with E-state index >= 15 is 0 Å². The number of carbonyl (C=O) groups excluding carboxylic acids is 1. The predicted octanol–water partition coefficient (Wildman–Crippen LogP) is 5.30. The second-order valence-electron chi connectivity index (χ2n) is 9.89. The average Bonchev–Trinajstić information content (AvgIpc) is 2.85. The van der Waals surface area contributed by atoms with Crippen molar-refractivity contribution in [3.05, 3.63) is 17.7 Å². The summed E-state index contributed by atoms with van der Waals surface area (Å²) in [6.07, 6.45) is 10.6. The summed E-state index contributed by atoms with van der Waals surface area (Å²) >= 11 is 0. The van der Waals surface area contributed by atoms with Crippen molar-refractivity contribution in [2.45, 2.75) is 91.5 Å². The number of amides is 1. The smallest absolute Gasteiger partial charge is 0.270 e. The number of pyridine rings is 1. The molecule has 35 heavy (non-hydrogen) atoms. The van der Waals surface area contributed by atoms with Gasteiger partial charge in [0.2, 0.25) is 0 Å². The topological polar surface area (TPSA) is 84.4 Å². The normalized spacial score (nSPS) is 18.5. The summed E-state index contributed by atoms with van der Waals surface area (Å²) in [6.45, 7) is 13.8. The van der Waals surface area contributed by atoms with Crippen molar-refractivity contribution < 1.29 is 4.79 Å². The fourth-order valence-electron chi connectivity index (χ4n) is 5.16. The van der Waals surface area contributed by atoms with E-state index < -0.39 is 0 Å². The molecule has 2 fully saturated rings. The molecule has 0 bridgehead atoms. The van der Waals surface area contributed by atoms with Crippen molar-refractivity contribution in [2.24, 2.45) is 5.92 Å². The fraction of sp³-hybridized carbons (Fsp3) is 0.750. The molecule has 1 atom stereocenters. The van der Waals surface area contributed by atoms with Crippen LogP contribution in [0.2, 0.25) is 0 Å². The lowest BCUT2D eigenvalue weighted by molar-refractivity contribution is -0.115. The predicted molar refractivity (Wildman–Crippen MR) is 149 cm³/mol. The third-order valence-electron chi connectivity index (χ3n) is 7.07. The van der Waals surface area contributed by atoms with Gasteiger partial charge in [0, 0.05) is 51.4 Å². The van der Waals surface area contributed by atoms with Crippen LogP contribution in [0, 0.1) is 11.3 Å². The Morgan fingerprint density at radius 2 is 1.71 bits per heavy atom. The fourth-order valence-corrected chi connectivity index (χ4v) is 5.16. The van der Waals surface area contributed by atoms with E-state index in [9.17, 15) is 4.79 Å². The van der Waals surface area contributed by atoms with Crippen molar-refractivity contribution in [2.75, 3.05) is 50.0 Å². The molecule has 0 radical (unpaired) electrons. The van der Waals surface area contributed by atoms with Crippen LogP contribution < -0.4 is 15.5 Å². The number of aromatic nitrogens is 1. The number of nitrogens with zero attached hydrogens (tertiary/aromatic N) is 3. The van der Waals surface area contributed by atoms with Crippen LogP contribution in [-0.2, 0) is 4.79 Å². The van der Waals surface area contributed by atoms with Gasteiger partial charge in [0.05, 0.1) is 0 Å². The molecule has 7 heteroatoms. The molecule has 1 aromatic heterocycles. The van der Waals surface area contributed by atoms with Gasteiger partial charge in [-0.2, -0.15) is 0 Å². The summed E-state index contributed by atoms with van der Waals surface area (Å²) in [4.78, 5) is 22.5. The Hall–Kier alpha value is -2.15. The minimum absolute atomic E-state index is 0.00920. The van der Waals surface area contributed by atoms with E-state index in [0.717, 1.165) is 57.3 Å². The Morgan fingerprint density at radius 1 is 1.09 bits per heavy atom. The molecule has 3 rings (SSSR count). The molecule has 2 aliphatic heterocycles. The molecular formula is C28H50N6O. The highest BCUT2D eigenvalue weighted by Gasteiger charge is 2.25. The lowest BCUT2D eigenvalue weighted by Crippen LogP contribution is -2.47. The van der Waals surface area contributed by atoms with Crippen LogP contribution in [0.25, 0.3) is 0 Å². The minimum atomic E-state index is -0.301. The van der Waals surface area contributed by atoms with E-state index in [1.54, 1.807) is 0 Å². The Labute approximate surface area is 214 Å². The highest BCUT2D eigenvalue weighted by Crippen LogP contribution is 2.23. The first-order valence-corrected chi connectivity index (χ1v) is 14.1. The van der Waals surface area contributed by atoms with E-state index in [1.165, 1.54) is 44.9 Å². The molecule has 0 spiro atoms. The maximum Gasteiger partial charge on any atom is 0.270 e. The molecule has 2 saturated heterocycles. The van der Waals surface area contributed by atoms with Gasteiger partial charge in [0.1, 0.15) is 17.3 Å². The van der Waals surface area contributed by atoms with Gasteiger partial charge in [-0.1, -0.05) is 53.4 Å². The third-order valence-corrected chi connectivity index (χ3v) is 7.07. The first-order valence-electron chi connectivity index (χ1n) is 14.1. The second-order valence-corrected chi connectivity index (χ2v) is 9.89. The third kappa shape index (κ3) is 9.10. The van der Waals surface area contributed by atoms with Crippen LogP contribution in [0.5, 0.6) is 0 Å². The van der Waals surface area contributed by atoms with Gasteiger partial charge < -0.3 is 20.4 Å². The average molecular weight is 487 g/mol. The lowest BCUT2D eigenvalue weighted by atomic mass is 10.0. The number of piperidine rings is 1. The van der Waals surface area contributed by atoms with E-state index in [-0.39, 0.29) is 17.7 Å². The van der Waals surface area contributed by atoms with Crippen LogP contribution in [0.3, 0.4) is 0 Å². The Kier molecular flexibility index (Phi) is 13.1. The first kappa shape index (κ1) is 29.1. The van der Waals surface area contributed by atoms with Crippen molar-refractivity contribution in [3.63, 3.8) is 0 Å². The van der Waals surface area contributed by atoms with Crippen LogP contribution >= 0.6 is 0 Å². The minimum Gasteiger partial charge on any atom is -0.373 e. The van der Waals surface area contributed by atoms with Crippen LogP contribution in [0.15, 0.2) is 12.1 Å². The molecule has 0 saturated carbocycles. The summed E-state index contributed by atoms with van der Waals surface area (Å²) in [6, 6.07) is 3.99. The zero-order chi connectivity index (χ0) is 25.6. The maximum atomic E-state index is 12.9. The quantitative estimate of drug-likeness (QED) is 0.412. The number of rotatable bonds is 9. The Morgan fingerprint density at radius 3 is 2.31 bits per heavy atom. The highest BCUT2D eigenvalue weighted by molar-refractivity contribution is 6.45. The van der Waals surface area contributed by atoms with Crippen molar-refractivity contribution >= 4 is 23.3 Å². The number of nitrogens with one attached hydrogen (secondary N) is 3. The molecule has 2 aliphatic rings. The number of hydrogen-bond acceptors (Lipinski definition) is 6. The zero-order valence-corrected chi connectivity index (χ0v) is 23.0. The van der Waals surface area contributed by atoms with Gasteiger partial charge in [-0.3, -0.25) is 10.2 Å². The van der Waals surface area contributed by atoms with Gasteiger partial charge in [-0.05, 0) is 50.2 Å². The van der Waals surface area contributed by atoms with E-state index in [2.05, 4.69) is 34.3 Å². The van der Waals surface area contributed by atoms with E-state index in [0.29, 0.717) is 11.4 Å². The summed E-state index contributed by atoms with van der Waals surface area (Å²) in [5.41, 5.74) is 0.557. The van der Waals surface area contributed by atoms with Gasteiger partial charge in [-0.25, -0.2) is 4.98 Å². The molecule has 0 aliphatic carbocycles. The molecule has 1 aromatic rings. The number of likely N-dealkylation sites (tertiary alicyclic amines) is 1. The van der Waals surface area contributed by atoms with Gasteiger partial charge >= 0.3 is 0 Å². The largest absolute Gasteiger partial charge is 0.373 e. The SMILES string of the molecule is CC.CCCC(C)CN1CCC(NC(=O)C(=N)c2ccc(N3CCCCCCC3)nc2NC)CC1. The summed E-state index contributed by atoms with van der Waals surface area (Å²) in [5, 5.41) is 14.8. The summed E-state index contributed by atoms with van der Waals surface area (Å²) < 4.78 is 0. The second kappa shape index (κ2) is 15.8. The lowest BCUT2D eigenvalue weighted by Gasteiger charge is -2.34. The molecule has 0 aromatic carbocycles. The number of anilines is 2. The molecule has 3 N–H and O–H groups in total. The highest BCUT2D eigenvalue weighted by atomic mass is 16.1. The molecule has 1 amide bonds. The first-order chi connectivity index (χ1) is 17.0. The van der Waals surface area contributed by atoms with Crippen molar-refractivity contribution in [1.29, 1.82) is 5.41 Å². The van der Waals surface area contributed by atoms with Crippen molar-refractivity contribution in [3.8, 4) is 0 Å². The Bertz CT molecular complexity index is 767. The molecular weight excluding hydrogens is 436 g/mol. The summed E-state index contributed by atoms with van der Waals surface area (Å²) in [7, 11) is 1.81. The van der Waals surface area contributed by atoms with E-state index in [1.807, 2.05) is 33.0 Å². The molecule has 7 nitrogen and oxygen atoms in total. The molecule has 3 heterocycles. The van der Waals surface area contributed by atoms with Crippen LogP contribution in [0.1, 0.15) is 91.0 Å². The molecule has 1 unspecified atom stereocenters. The standard InChI is InChI=1S/C26H44N6O.C2H6/c1-4-10-20(2)19-31-17-13-21(14-18-31)29-26(33)24(27)22-11-12-23(30-25(22)28-3)32-15-8-6-5-7-9-16-32;1-2/h11-12,20-21,27H,4-10,13-19H2,1-3H3,(H,28,30)(H,29,33);1-2H3. The maximum absolute atomic E-state index is 12.9. The van der Waals surface area contributed by atoms with Gasteiger partial charge in [0.15, 0.2) is 0 Å².